The number of aliphatic hydroxyl groups is 1. The monoisotopic (exact) mass is 508 g/mol. The number of aryl methyl sites for hydroxylation is 1. The second-order valence-corrected chi connectivity index (χ2v) is 9.41. The molecule has 0 spiro atoms. The predicted octanol–water partition coefficient (Wildman–Crippen LogP) is 5.74. The van der Waals surface area contributed by atoms with Gasteiger partial charge in [0.2, 0.25) is 5.78 Å². The van der Waals surface area contributed by atoms with Crippen LogP contribution in [0.1, 0.15) is 32.6 Å². The van der Waals surface area contributed by atoms with E-state index in [4.69, 9.17) is 4.42 Å². The second-order valence-electron chi connectivity index (χ2n) is 7.55. The normalized spacial score (nSPS) is 16.4. The van der Waals surface area contributed by atoms with Gasteiger partial charge in [-0.15, -0.1) is 11.3 Å². The second kappa shape index (κ2) is 8.03. The summed E-state index contributed by atoms with van der Waals surface area (Å²) >= 11 is 4.86. The molecule has 160 valence electrons. The van der Waals surface area contributed by atoms with Crippen molar-refractivity contribution in [2.75, 3.05) is 0 Å². The van der Waals surface area contributed by atoms with E-state index < -0.39 is 23.5 Å². The van der Waals surface area contributed by atoms with Gasteiger partial charge in [0.1, 0.15) is 11.6 Å². The van der Waals surface area contributed by atoms with Crippen molar-refractivity contribution >= 4 is 49.9 Å². The van der Waals surface area contributed by atoms with E-state index in [1.807, 2.05) is 36.6 Å². The van der Waals surface area contributed by atoms with Gasteiger partial charge in [-0.2, -0.15) is 0 Å². The molecule has 1 amide bonds. The number of nitrogens with zero attached hydrogens (tertiary/aromatic N) is 2. The zero-order chi connectivity index (χ0) is 22.4. The van der Waals surface area contributed by atoms with Crippen molar-refractivity contribution in [3.63, 3.8) is 0 Å². The molecule has 3 aromatic heterocycles. The lowest BCUT2D eigenvalue weighted by Crippen LogP contribution is -2.30. The van der Waals surface area contributed by atoms with Crippen molar-refractivity contribution in [1.29, 1.82) is 0 Å². The lowest BCUT2D eigenvalue weighted by atomic mass is 9.98. The fraction of sp³-hybridized carbons (Fsp3) is 0.125. The van der Waals surface area contributed by atoms with Gasteiger partial charge in [-0.1, -0.05) is 22.0 Å². The maximum Gasteiger partial charge on any atom is 0.290 e. The summed E-state index contributed by atoms with van der Waals surface area (Å²) in [5.74, 6) is -1.56. The number of ketones is 1. The molecule has 0 saturated heterocycles. The van der Waals surface area contributed by atoms with E-state index in [0.717, 1.165) is 25.9 Å². The standard InChI is InChI=1S/C24H17BrN2O4S/c1-13-6-8-32-23(13)20-19(21(28)18-10-15-9-16(25)4-5-17(15)31-18)22(29)24(30)27(20)12-14-3-2-7-26-11-14/h2-11,20,29H,12H2,1H3. The van der Waals surface area contributed by atoms with Gasteiger partial charge in [-0.25, -0.2) is 0 Å². The number of furan rings is 1. The minimum atomic E-state index is -0.713. The zero-order valence-electron chi connectivity index (χ0n) is 16.9. The third-order valence-electron chi connectivity index (χ3n) is 5.48. The molecule has 0 radical (unpaired) electrons. The molecule has 6 nitrogen and oxygen atoms in total. The van der Waals surface area contributed by atoms with Gasteiger partial charge in [0, 0.05) is 33.7 Å². The molecule has 4 aromatic rings. The van der Waals surface area contributed by atoms with Crippen LogP contribution in [-0.4, -0.2) is 26.7 Å². The minimum absolute atomic E-state index is 0.0302. The van der Waals surface area contributed by atoms with Crippen LogP contribution in [0.15, 0.2) is 80.5 Å². The van der Waals surface area contributed by atoms with Crippen LogP contribution in [0.25, 0.3) is 11.0 Å². The molecular weight excluding hydrogens is 492 g/mol. The largest absolute Gasteiger partial charge is 0.503 e. The van der Waals surface area contributed by atoms with Crippen LogP contribution in [-0.2, 0) is 11.3 Å². The van der Waals surface area contributed by atoms with Gasteiger partial charge >= 0.3 is 0 Å². The number of thiophene rings is 1. The number of amides is 1. The van der Waals surface area contributed by atoms with Gasteiger partial charge < -0.3 is 14.4 Å². The lowest BCUT2D eigenvalue weighted by molar-refractivity contribution is -0.130. The number of pyridine rings is 1. The molecule has 1 aliphatic heterocycles. The number of carbonyl (C=O) groups excluding carboxylic acids is 2. The first-order valence-electron chi connectivity index (χ1n) is 9.85. The van der Waals surface area contributed by atoms with Crippen LogP contribution >= 0.6 is 27.3 Å². The highest BCUT2D eigenvalue weighted by atomic mass is 79.9. The topological polar surface area (TPSA) is 83.6 Å². The first kappa shape index (κ1) is 20.7. The smallest absolute Gasteiger partial charge is 0.290 e. The average Bonchev–Trinajstić information content (AvgIpc) is 3.46. The Hall–Kier alpha value is -3.23. The summed E-state index contributed by atoms with van der Waals surface area (Å²) in [5, 5.41) is 13.5. The zero-order valence-corrected chi connectivity index (χ0v) is 19.3. The fourth-order valence-corrected chi connectivity index (χ4v) is 5.36. The summed E-state index contributed by atoms with van der Waals surface area (Å²) in [6.07, 6.45) is 3.32. The van der Waals surface area contributed by atoms with E-state index in [1.54, 1.807) is 30.6 Å². The summed E-state index contributed by atoms with van der Waals surface area (Å²) in [6.45, 7) is 2.14. The number of benzene rings is 1. The Balaban J connectivity index is 1.60. The third-order valence-corrected chi connectivity index (χ3v) is 7.04. The lowest BCUT2D eigenvalue weighted by Gasteiger charge is -2.26. The summed E-state index contributed by atoms with van der Waals surface area (Å²) in [5.41, 5.74) is 2.33. The summed E-state index contributed by atoms with van der Waals surface area (Å²) < 4.78 is 6.64. The van der Waals surface area contributed by atoms with Crippen molar-refractivity contribution in [3.8, 4) is 0 Å². The molecular formula is C24H17BrN2O4S. The molecule has 1 unspecified atom stereocenters. The van der Waals surface area contributed by atoms with Gasteiger partial charge in [-0.3, -0.25) is 14.6 Å². The maximum atomic E-state index is 13.6. The van der Waals surface area contributed by atoms with E-state index in [9.17, 15) is 14.7 Å². The van der Waals surface area contributed by atoms with Crippen LogP contribution in [0, 0.1) is 6.92 Å². The molecule has 0 aliphatic carbocycles. The Labute approximate surface area is 195 Å². The number of aromatic nitrogens is 1. The predicted molar refractivity (Wildman–Crippen MR) is 124 cm³/mol. The molecule has 1 N–H and O–H groups in total. The molecule has 8 heteroatoms. The molecule has 1 aromatic carbocycles. The minimum Gasteiger partial charge on any atom is -0.503 e. The highest BCUT2D eigenvalue weighted by Crippen LogP contribution is 2.43. The number of hydrogen-bond donors (Lipinski definition) is 1. The van der Waals surface area contributed by atoms with E-state index in [1.165, 1.54) is 16.2 Å². The van der Waals surface area contributed by atoms with Crippen molar-refractivity contribution in [1.82, 2.24) is 9.88 Å². The Morgan fingerprint density at radius 1 is 1.28 bits per heavy atom. The number of fused-ring (bicyclic) bond motifs is 1. The first-order chi connectivity index (χ1) is 15.4. The number of rotatable bonds is 5. The molecule has 0 saturated carbocycles. The van der Waals surface area contributed by atoms with E-state index >= 15 is 0 Å². The van der Waals surface area contributed by atoms with E-state index in [2.05, 4.69) is 20.9 Å². The summed E-state index contributed by atoms with van der Waals surface area (Å²) in [6, 6.07) is 11.9. The van der Waals surface area contributed by atoms with Gasteiger partial charge in [0.05, 0.1) is 5.57 Å². The third kappa shape index (κ3) is 3.45. The number of halogens is 1. The summed E-state index contributed by atoms with van der Waals surface area (Å²) in [7, 11) is 0. The van der Waals surface area contributed by atoms with Gasteiger partial charge in [0.15, 0.2) is 11.5 Å². The van der Waals surface area contributed by atoms with Gasteiger partial charge in [0.25, 0.3) is 5.91 Å². The maximum absolute atomic E-state index is 13.6. The van der Waals surface area contributed by atoms with Crippen LogP contribution in [0.2, 0.25) is 0 Å². The average molecular weight is 509 g/mol. The SMILES string of the molecule is Cc1ccsc1C1C(C(=O)c2cc3cc(Br)ccc3o2)=C(O)C(=O)N1Cc1cccnc1. The van der Waals surface area contributed by atoms with Gasteiger partial charge in [-0.05, 0) is 59.8 Å². The molecule has 1 atom stereocenters. The number of carbonyl (C=O) groups is 2. The molecule has 32 heavy (non-hydrogen) atoms. The van der Waals surface area contributed by atoms with Crippen LogP contribution in [0.5, 0.6) is 0 Å². The van der Waals surface area contributed by atoms with Crippen molar-refractivity contribution in [2.24, 2.45) is 0 Å². The molecule has 5 rings (SSSR count). The Bertz CT molecular complexity index is 1390. The highest BCUT2D eigenvalue weighted by molar-refractivity contribution is 9.10. The number of aliphatic hydroxyl groups excluding tert-OH is 1. The van der Waals surface area contributed by atoms with Crippen LogP contribution in [0.4, 0.5) is 0 Å². The van der Waals surface area contributed by atoms with Crippen LogP contribution in [0.3, 0.4) is 0 Å². The molecule has 4 heterocycles. The molecule has 1 aliphatic rings. The summed E-state index contributed by atoms with van der Waals surface area (Å²) in [4.78, 5) is 33.1. The van der Waals surface area contributed by atoms with Crippen molar-refractivity contribution in [2.45, 2.75) is 19.5 Å². The van der Waals surface area contributed by atoms with Crippen LogP contribution < -0.4 is 0 Å². The highest BCUT2D eigenvalue weighted by Gasteiger charge is 2.45. The first-order valence-corrected chi connectivity index (χ1v) is 11.5. The number of hydrogen-bond acceptors (Lipinski definition) is 6. The fourth-order valence-electron chi connectivity index (χ4n) is 3.93. The van der Waals surface area contributed by atoms with E-state index in [0.29, 0.717) is 5.58 Å². The Morgan fingerprint density at radius 2 is 2.12 bits per heavy atom. The Kier molecular flexibility index (Phi) is 5.19. The molecule has 0 fully saturated rings. The van der Waals surface area contributed by atoms with Crippen molar-refractivity contribution in [3.05, 3.63) is 97.8 Å². The van der Waals surface area contributed by atoms with E-state index in [-0.39, 0.29) is 17.9 Å². The molecule has 0 bridgehead atoms. The Morgan fingerprint density at radius 3 is 2.84 bits per heavy atom. The number of Topliss-reactive ketones (excluding diaryl/α,β-unsaturated/α-hetero) is 1. The quantitative estimate of drug-likeness (QED) is 0.347. The van der Waals surface area contributed by atoms with Crippen molar-refractivity contribution < 1.29 is 19.1 Å².